The van der Waals surface area contributed by atoms with Gasteiger partial charge in [0.25, 0.3) is 0 Å². The number of hydrogen-bond acceptors (Lipinski definition) is 9. The monoisotopic (exact) mass is 664 g/mol. The van der Waals surface area contributed by atoms with Gasteiger partial charge in [0, 0.05) is 63.7 Å². The van der Waals surface area contributed by atoms with Crippen molar-refractivity contribution in [1.82, 2.24) is 29.5 Å². The van der Waals surface area contributed by atoms with Crippen LogP contribution in [0, 0.1) is 13.8 Å². The number of aryl methyl sites for hydroxylation is 2. The Hall–Kier alpha value is -5.97. The van der Waals surface area contributed by atoms with E-state index < -0.39 is 0 Å². The van der Waals surface area contributed by atoms with Crippen molar-refractivity contribution in [3.63, 3.8) is 0 Å². The molecule has 0 atom stereocenters. The van der Waals surface area contributed by atoms with Crippen LogP contribution in [0.5, 0.6) is 0 Å². The van der Waals surface area contributed by atoms with Gasteiger partial charge in [0.1, 0.15) is 23.0 Å². The summed E-state index contributed by atoms with van der Waals surface area (Å²) in [6, 6.07) is 32.1. The number of carbonyl (C=O) groups excluding carboxylic acids is 1. The Balaban J connectivity index is 1.16. The number of rotatable bonds is 8. The number of hydrogen-bond donors (Lipinski definition) is 0. The van der Waals surface area contributed by atoms with E-state index >= 15 is 4.79 Å². The molecular formula is C39H40N10O. The Morgan fingerprint density at radius 2 is 0.860 bits per heavy atom. The standard InChI is InChI=1S/C39H40N10O/c1-29-11-9-17-35(42-29)46-23-19-44(20-24-46)33-27-40-48(31-13-5-3-6-14-31)37(33)39(50)38-34(28-41-49(38)32-15-7-4-8-16-32)45-21-25-47(26-22-45)36-18-10-12-30(2)43-36/h3-18,27-28H,19-26H2,1-2H3. The average molecular weight is 665 g/mol. The number of pyridine rings is 2. The third kappa shape index (κ3) is 6.06. The Morgan fingerprint density at radius 3 is 1.24 bits per heavy atom. The van der Waals surface area contributed by atoms with Gasteiger partial charge in [0.2, 0.25) is 5.78 Å². The Labute approximate surface area is 292 Å². The Kier molecular flexibility index (Phi) is 8.45. The van der Waals surface area contributed by atoms with Crippen LogP contribution >= 0.6 is 0 Å². The van der Waals surface area contributed by atoms with Crippen LogP contribution in [0.2, 0.25) is 0 Å². The first kappa shape index (κ1) is 31.3. The van der Waals surface area contributed by atoms with Crippen LogP contribution in [0.4, 0.5) is 23.0 Å². The Bertz CT molecular complexity index is 1940. The van der Waals surface area contributed by atoms with Crippen LogP contribution in [-0.4, -0.2) is 87.7 Å². The fourth-order valence-electron chi connectivity index (χ4n) is 6.97. The number of carbonyl (C=O) groups is 1. The first-order chi connectivity index (χ1) is 24.5. The second-order valence-corrected chi connectivity index (χ2v) is 12.8. The number of aromatic nitrogens is 6. The van der Waals surface area contributed by atoms with E-state index in [1.54, 1.807) is 9.36 Å². The maximum atomic E-state index is 15.3. The van der Waals surface area contributed by atoms with Crippen molar-refractivity contribution in [1.29, 1.82) is 0 Å². The molecule has 0 saturated carbocycles. The lowest BCUT2D eigenvalue weighted by molar-refractivity contribution is 0.102. The number of anilines is 4. The van der Waals surface area contributed by atoms with Crippen molar-refractivity contribution in [2.45, 2.75) is 13.8 Å². The topological polar surface area (TPSA) is 91.5 Å². The minimum Gasteiger partial charge on any atom is -0.365 e. The molecule has 0 amide bonds. The molecule has 0 radical (unpaired) electrons. The summed E-state index contributed by atoms with van der Waals surface area (Å²) >= 11 is 0. The second-order valence-electron chi connectivity index (χ2n) is 12.8. The molecule has 6 heterocycles. The maximum Gasteiger partial charge on any atom is 0.234 e. The van der Waals surface area contributed by atoms with Gasteiger partial charge >= 0.3 is 0 Å². The zero-order chi connectivity index (χ0) is 34.0. The molecule has 11 nitrogen and oxygen atoms in total. The van der Waals surface area contributed by atoms with E-state index in [-0.39, 0.29) is 5.78 Å². The van der Waals surface area contributed by atoms with E-state index in [1.807, 2.05) is 99.0 Å². The minimum absolute atomic E-state index is 0.122. The molecule has 0 spiro atoms. The molecule has 0 aliphatic carbocycles. The van der Waals surface area contributed by atoms with Gasteiger partial charge in [-0.2, -0.15) is 10.2 Å². The van der Waals surface area contributed by atoms with Crippen molar-refractivity contribution in [3.8, 4) is 11.4 Å². The third-order valence-electron chi connectivity index (χ3n) is 9.57. The normalized spacial score (nSPS) is 15.1. The lowest BCUT2D eigenvalue weighted by atomic mass is 10.1. The van der Waals surface area contributed by atoms with E-state index in [1.165, 1.54) is 0 Å². The van der Waals surface area contributed by atoms with Gasteiger partial charge in [-0.05, 0) is 62.4 Å². The molecule has 0 bridgehead atoms. The van der Waals surface area contributed by atoms with E-state index in [4.69, 9.17) is 20.2 Å². The third-order valence-corrected chi connectivity index (χ3v) is 9.57. The van der Waals surface area contributed by atoms with Crippen LogP contribution in [0.25, 0.3) is 11.4 Å². The molecule has 0 unspecified atom stereocenters. The molecule has 11 heteroatoms. The van der Waals surface area contributed by atoms with Crippen LogP contribution in [0.1, 0.15) is 27.6 Å². The van der Waals surface area contributed by atoms with E-state index in [0.717, 1.165) is 98.1 Å². The predicted octanol–water partition coefficient (Wildman–Crippen LogP) is 5.35. The summed E-state index contributed by atoms with van der Waals surface area (Å²) in [5.41, 5.74) is 6.35. The lowest BCUT2D eigenvalue weighted by Crippen LogP contribution is -2.47. The van der Waals surface area contributed by atoms with Gasteiger partial charge in [-0.25, -0.2) is 19.3 Å². The molecule has 2 aliphatic heterocycles. The highest BCUT2D eigenvalue weighted by molar-refractivity contribution is 6.14. The first-order valence-electron chi connectivity index (χ1n) is 17.2. The first-order valence-corrected chi connectivity index (χ1v) is 17.2. The fraction of sp³-hybridized carbons (Fsp3) is 0.256. The molecule has 252 valence electrons. The second kappa shape index (κ2) is 13.5. The number of benzene rings is 2. The highest BCUT2D eigenvalue weighted by Crippen LogP contribution is 2.33. The van der Waals surface area contributed by atoms with Crippen LogP contribution in [-0.2, 0) is 0 Å². The van der Waals surface area contributed by atoms with Crippen LogP contribution in [0.15, 0.2) is 109 Å². The van der Waals surface area contributed by atoms with Gasteiger partial charge in [-0.1, -0.05) is 48.5 Å². The van der Waals surface area contributed by atoms with Gasteiger partial charge in [0.15, 0.2) is 0 Å². The van der Waals surface area contributed by atoms with E-state index in [2.05, 4.69) is 43.9 Å². The summed E-state index contributed by atoms with van der Waals surface area (Å²) in [7, 11) is 0. The van der Waals surface area contributed by atoms with Gasteiger partial charge < -0.3 is 19.6 Å². The smallest absolute Gasteiger partial charge is 0.234 e. The predicted molar refractivity (Wildman–Crippen MR) is 197 cm³/mol. The molecular weight excluding hydrogens is 624 g/mol. The molecule has 2 aromatic carbocycles. The zero-order valence-electron chi connectivity index (χ0n) is 28.4. The summed E-state index contributed by atoms with van der Waals surface area (Å²) in [6.07, 6.45) is 3.69. The molecule has 0 N–H and O–H groups in total. The summed E-state index contributed by atoms with van der Waals surface area (Å²) in [5, 5.41) is 9.70. The van der Waals surface area contributed by atoms with Gasteiger partial charge in [-0.3, -0.25) is 4.79 Å². The number of ketones is 1. The summed E-state index contributed by atoms with van der Waals surface area (Å²) in [4.78, 5) is 34.0. The van der Waals surface area contributed by atoms with E-state index in [0.29, 0.717) is 11.4 Å². The molecule has 2 saturated heterocycles. The van der Waals surface area contributed by atoms with Crippen molar-refractivity contribution in [2.24, 2.45) is 0 Å². The van der Waals surface area contributed by atoms with Crippen molar-refractivity contribution < 1.29 is 4.79 Å². The Morgan fingerprint density at radius 1 is 0.480 bits per heavy atom. The van der Waals surface area contributed by atoms with Gasteiger partial charge in [0.05, 0.1) is 35.1 Å². The highest BCUT2D eigenvalue weighted by atomic mass is 16.1. The number of piperazine rings is 2. The maximum absolute atomic E-state index is 15.3. The summed E-state index contributed by atoms with van der Waals surface area (Å²) in [5.74, 6) is 1.84. The minimum atomic E-state index is -0.122. The number of para-hydroxylation sites is 2. The largest absolute Gasteiger partial charge is 0.365 e. The molecule has 4 aromatic heterocycles. The number of nitrogens with zero attached hydrogens (tertiary/aromatic N) is 10. The molecule has 2 aliphatic rings. The van der Waals surface area contributed by atoms with Gasteiger partial charge in [-0.15, -0.1) is 0 Å². The van der Waals surface area contributed by atoms with Crippen LogP contribution in [0.3, 0.4) is 0 Å². The molecule has 8 rings (SSSR count). The highest BCUT2D eigenvalue weighted by Gasteiger charge is 2.33. The molecule has 2 fully saturated rings. The van der Waals surface area contributed by atoms with E-state index in [9.17, 15) is 0 Å². The summed E-state index contributed by atoms with van der Waals surface area (Å²) < 4.78 is 3.58. The van der Waals surface area contributed by atoms with Crippen molar-refractivity contribution in [2.75, 3.05) is 72.0 Å². The SMILES string of the molecule is Cc1cccc(N2CCN(c3cnn(-c4ccccc4)c3C(=O)c3c(N4CCN(c5cccc(C)n5)CC4)cnn3-c3ccccc3)CC2)n1. The van der Waals surface area contributed by atoms with Crippen molar-refractivity contribution >= 4 is 28.8 Å². The average Bonchev–Trinajstić information content (AvgIpc) is 3.82. The fourth-order valence-corrected chi connectivity index (χ4v) is 6.97. The van der Waals surface area contributed by atoms with Crippen LogP contribution < -0.4 is 19.6 Å². The molecule has 6 aromatic rings. The zero-order valence-corrected chi connectivity index (χ0v) is 28.4. The lowest BCUT2D eigenvalue weighted by Gasteiger charge is -2.37. The summed E-state index contributed by atoms with van der Waals surface area (Å²) in [6.45, 7) is 10.1. The quantitative estimate of drug-likeness (QED) is 0.200. The van der Waals surface area contributed by atoms with Crippen molar-refractivity contribution in [3.05, 3.63) is 132 Å². The molecule has 50 heavy (non-hydrogen) atoms.